The van der Waals surface area contributed by atoms with Crippen LogP contribution in [0.5, 0.6) is 5.75 Å². The third-order valence-corrected chi connectivity index (χ3v) is 10.4. The summed E-state index contributed by atoms with van der Waals surface area (Å²) in [6.07, 6.45) is -10.5. The van der Waals surface area contributed by atoms with Crippen molar-refractivity contribution in [2.24, 2.45) is 11.8 Å². The van der Waals surface area contributed by atoms with Crippen molar-refractivity contribution in [2.45, 2.75) is 88.4 Å². The maximum atomic E-state index is 14.6. The Morgan fingerprint density at radius 1 is 1.04 bits per heavy atom. The summed E-state index contributed by atoms with van der Waals surface area (Å²) in [6, 6.07) is 0.275. The number of carbonyl (C=O) groups excluding carboxylic acids is 4. The number of nitrogens with zero attached hydrogens (tertiary/aromatic N) is 2. The van der Waals surface area contributed by atoms with Crippen LogP contribution in [0.1, 0.15) is 45.2 Å². The molecule has 1 amide bonds. The van der Waals surface area contributed by atoms with E-state index in [2.05, 4.69) is 10.6 Å². The van der Waals surface area contributed by atoms with E-state index >= 15 is 0 Å². The predicted octanol–water partition coefficient (Wildman–Crippen LogP) is -0.974. The first-order valence-corrected chi connectivity index (χ1v) is 17.3. The molecule has 5 rings (SSSR count). The van der Waals surface area contributed by atoms with Crippen LogP contribution in [0.4, 0.5) is 11.4 Å². The van der Waals surface area contributed by atoms with Crippen molar-refractivity contribution in [1.82, 2.24) is 10.2 Å². The molecule has 0 unspecified atom stereocenters. The maximum Gasteiger partial charge on any atom is 0.335 e. The van der Waals surface area contributed by atoms with Crippen molar-refractivity contribution in [3.63, 3.8) is 0 Å². The van der Waals surface area contributed by atoms with Gasteiger partial charge in [0.1, 0.15) is 35.4 Å². The molecule has 0 radical (unpaired) electrons. The van der Waals surface area contributed by atoms with Gasteiger partial charge in [-0.2, -0.15) is 0 Å². The quantitative estimate of drug-likeness (QED) is 0.137. The minimum atomic E-state index is -2.82. The summed E-state index contributed by atoms with van der Waals surface area (Å²) in [5.41, 5.74) is -4.10. The molecular weight excluding hydrogens is 712 g/mol. The van der Waals surface area contributed by atoms with E-state index in [-0.39, 0.29) is 36.2 Å². The maximum absolute atomic E-state index is 14.6. The number of ketones is 3. The molecule has 18 nitrogen and oxygen atoms in total. The molecule has 54 heavy (non-hydrogen) atoms. The molecule has 9 N–H and O–H groups in total. The average molecular weight is 761 g/mol. The molecule has 9 atom stereocenters. The van der Waals surface area contributed by atoms with E-state index in [0.717, 1.165) is 6.92 Å². The largest absolute Gasteiger partial charge is 0.508 e. The molecule has 0 aromatic heterocycles. The van der Waals surface area contributed by atoms with Crippen LogP contribution in [0.15, 0.2) is 23.0 Å². The number of anilines is 2. The molecule has 18 heteroatoms. The number of nitrogens with one attached hydrogen (secondary N) is 2. The molecule has 1 heterocycles. The topological polar surface area (TPSA) is 276 Å². The standard InChI is InChI=1S/C36H48N4O14/c1-13(41)20-25(44)23(40(7)8)16-10-14-9-15-18(39(5)6)11-17(38-19(42)12-37-35(2,3)4)29(22(15)24(43)21(14)32(49)36(16,52)31(20)48)53-34-28(47)26(45)27(46)30(54-34)33(50)51/h11,14,16,23,26-28,30,34,37,43,45-48,52H,9-10,12H2,1-8H3,(H,38,42)(H,50,51)/t14-,16-,23+,26-,27-,28+,30-,34+,36+/m0/s1. The van der Waals surface area contributed by atoms with Gasteiger partial charge in [-0.25, -0.2) is 4.79 Å². The van der Waals surface area contributed by atoms with Gasteiger partial charge in [0.05, 0.1) is 23.8 Å². The summed E-state index contributed by atoms with van der Waals surface area (Å²) in [7, 11) is 6.39. The number of aliphatic hydroxyl groups is 6. The normalized spacial score (nSPS) is 31.1. The summed E-state index contributed by atoms with van der Waals surface area (Å²) < 4.78 is 11.4. The van der Waals surface area contributed by atoms with Crippen molar-refractivity contribution in [3.8, 4) is 5.75 Å². The number of carboxylic acids is 1. The van der Waals surface area contributed by atoms with Gasteiger partial charge in [-0.3, -0.25) is 24.1 Å². The summed E-state index contributed by atoms with van der Waals surface area (Å²) in [5.74, 6) is -9.63. The van der Waals surface area contributed by atoms with Gasteiger partial charge in [0.2, 0.25) is 18.0 Å². The van der Waals surface area contributed by atoms with E-state index in [0.29, 0.717) is 11.3 Å². The molecule has 296 valence electrons. The van der Waals surface area contributed by atoms with Crippen LogP contribution in [0.3, 0.4) is 0 Å². The smallest absolute Gasteiger partial charge is 0.335 e. The van der Waals surface area contributed by atoms with Crippen LogP contribution in [0.25, 0.3) is 5.76 Å². The predicted molar refractivity (Wildman–Crippen MR) is 190 cm³/mol. The second-order valence-corrected chi connectivity index (χ2v) is 15.7. The summed E-state index contributed by atoms with van der Waals surface area (Å²) in [6.45, 7) is 6.27. The zero-order valence-corrected chi connectivity index (χ0v) is 31.2. The van der Waals surface area contributed by atoms with Crippen LogP contribution in [-0.4, -0.2) is 152 Å². The Labute approximate surface area is 310 Å². The number of carbonyl (C=O) groups is 5. The Morgan fingerprint density at radius 3 is 2.20 bits per heavy atom. The molecular formula is C36H48N4O14. The number of ether oxygens (including phenoxy) is 2. The number of benzene rings is 1. The highest BCUT2D eigenvalue weighted by atomic mass is 16.7. The molecule has 0 spiro atoms. The first-order chi connectivity index (χ1) is 24.9. The van der Waals surface area contributed by atoms with E-state index in [1.807, 2.05) is 20.8 Å². The minimum absolute atomic E-state index is 0.0394. The lowest BCUT2D eigenvalue weighted by molar-refractivity contribution is -0.271. The molecule has 1 aliphatic heterocycles. The lowest BCUT2D eigenvalue weighted by Gasteiger charge is -2.50. The van der Waals surface area contributed by atoms with Crippen molar-refractivity contribution >= 4 is 46.4 Å². The van der Waals surface area contributed by atoms with Gasteiger partial charge in [-0.05, 0) is 72.2 Å². The van der Waals surface area contributed by atoms with Gasteiger partial charge >= 0.3 is 5.97 Å². The van der Waals surface area contributed by atoms with Gasteiger partial charge in [0.15, 0.2) is 29.0 Å². The van der Waals surface area contributed by atoms with Crippen molar-refractivity contribution < 1.29 is 69.2 Å². The highest BCUT2D eigenvalue weighted by molar-refractivity contribution is 6.25. The van der Waals surface area contributed by atoms with Gasteiger partial charge in [-0.1, -0.05) is 0 Å². The Morgan fingerprint density at radius 2 is 1.67 bits per heavy atom. The van der Waals surface area contributed by atoms with Crippen LogP contribution < -0.4 is 20.3 Å². The van der Waals surface area contributed by atoms with Gasteiger partial charge in [0.25, 0.3) is 0 Å². The first kappa shape index (κ1) is 40.7. The fourth-order valence-corrected chi connectivity index (χ4v) is 7.80. The van der Waals surface area contributed by atoms with E-state index in [1.165, 1.54) is 25.1 Å². The van der Waals surface area contributed by atoms with E-state index < -0.39 is 112 Å². The Hall–Kier alpha value is -4.43. The fourth-order valence-electron chi connectivity index (χ4n) is 7.80. The number of likely N-dealkylation sites (N-methyl/N-ethyl adjacent to an activating group) is 1. The number of aliphatic carboxylic acids is 1. The number of carboxylic acid groups (broad SMARTS) is 1. The monoisotopic (exact) mass is 760 g/mol. The number of rotatable bonds is 9. The van der Waals surface area contributed by atoms with E-state index in [4.69, 9.17) is 9.47 Å². The van der Waals surface area contributed by atoms with Gasteiger partial charge in [-0.15, -0.1) is 0 Å². The first-order valence-electron chi connectivity index (χ1n) is 17.3. The molecule has 0 bridgehead atoms. The molecule has 4 aliphatic rings. The average Bonchev–Trinajstić information content (AvgIpc) is 3.05. The molecule has 1 aromatic carbocycles. The zero-order valence-electron chi connectivity index (χ0n) is 31.2. The fraction of sp³-hybridized carbons (Fsp3) is 0.583. The number of aliphatic hydroxyl groups excluding tert-OH is 5. The van der Waals surface area contributed by atoms with Crippen molar-refractivity contribution in [2.75, 3.05) is 45.0 Å². The van der Waals surface area contributed by atoms with E-state index in [9.17, 15) is 59.7 Å². The lowest BCUT2D eigenvalue weighted by Crippen LogP contribution is -2.65. The van der Waals surface area contributed by atoms with Crippen LogP contribution in [-0.2, 0) is 35.1 Å². The zero-order chi connectivity index (χ0) is 40.5. The SMILES string of the molecule is CC(=O)C1=C(O)[C@@]2(O)C(=O)C3=C(O)c4c(c(N(C)C)cc(NC(=O)CNC(C)(C)C)c4O[C@@H]4O[C@H](C(=O)O)[C@@H](O)[C@H](O)[C@H]4O)C[C@H]3C[C@H]2[C@@H](N(C)C)C1=O. The third-order valence-electron chi connectivity index (χ3n) is 10.4. The van der Waals surface area contributed by atoms with Crippen LogP contribution in [0.2, 0.25) is 0 Å². The summed E-state index contributed by atoms with van der Waals surface area (Å²) >= 11 is 0. The number of hydrogen-bond donors (Lipinski definition) is 9. The number of Topliss-reactive ketones (excluding diaryl/α,β-unsaturated/α-hetero) is 3. The highest BCUT2D eigenvalue weighted by Gasteiger charge is 2.64. The number of fused-ring (bicyclic) bond motifs is 3. The van der Waals surface area contributed by atoms with Crippen LogP contribution >= 0.6 is 0 Å². The highest BCUT2D eigenvalue weighted by Crippen LogP contribution is 2.55. The van der Waals surface area contributed by atoms with Crippen LogP contribution in [0, 0.1) is 11.8 Å². The Bertz CT molecular complexity index is 1850. The number of amides is 1. The second-order valence-electron chi connectivity index (χ2n) is 15.7. The van der Waals surface area contributed by atoms with E-state index in [1.54, 1.807) is 19.0 Å². The lowest BCUT2D eigenvalue weighted by atomic mass is 9.57. The second kappa shape index (κ2) is 14.3. The summed E-state index contributed by atoms with van der Waals surface area (Å²) in [5, 5.41) is 82.8. The van der Waals surface area contributed by atoms with Gasteiger partial charge in [0, 0.05) is 36.8 Å². The summed E-state index contributed by atoms with van der Waals surface area (Å²) in [4.78, 5) is 69.1. The van der Waals surface area contributed by atoms with Crippen molar-refractivity contribution in [1.29, 1.82) is 0 Å². The molecule has 3 aliphatic carbocycles. The Balaban J connectivity index is 1.76. The van der Waals surface area contributed by atoms with Gasteiger partial charge < -0.3 is 60.8 Å². The molecule has 1 aromatic rings. The minimum Gasteiger partial charge on any atom is -0.508 e. The third kappa shape index (κ3) is 6.76. The molecule has 1 saturated heterocycles. The molecule has 2 fully saturated rings. The molecule has 1 saturated carbocycles. The number of hydrogen-bond acceptors (Lipinski definition) is 16. The van der Waals surface area contributed by atoms with Crippen molar-refractivity contribution in [3.05, 3.63) is 34.1 Å². The Kier molecular flexibility index (Phi) is 10.8.